The Balaban J connectivity index is 1.31. The minimum Gasteiger partial charge on any atom is -0.408 e. The number of fused-ring (bicyclic) bond motifs is 1. The number of benzene rings is 3. The zero-order chi connectivity index (χ0) is 22.6. The summed E-state index contributed by atoms with van der Waals surface area (Å²) in [4.78, 5) is 29.6. The van der Waals surface area contributed by atoms with Gasteiger partial charge in [-0.1, -0.05) is 78.0 Å². The van der Waals surface area contributed by atoms with E-state index >= 15 is 0 Å². The molecule has 0 fully saturated rings. The molecule has 164 valence electrons. The third-order valence-corrected chi connectivity index (χ3v) is 5.33. The number of carbonyl (C=O) groups is 1. The number of carbonyl (C=O) groups excluding carboxylic acids is 1. The van der Waals surface area contributed by atoms with Gasteiger partial charge in [0.25, 0.3) is 0 Å². The van der Waals surface area contributed by atoms with Crippen LogP contribution in [-0.2, 0) is 17.9 Å². The summed E-state index contributed by atoms with van der Waals surface area (Å²) in [6.45, 7) is 0.174. The van der Waals surface area contributed by atoms with Gasteiger partial charge in [-0.15, -0.1) is 0 Å². The van der Waals surface area contributed by atoms with Crippen LogP contribution in [-0.4, -0.2) is 20.6 Å². The number of oxazole rings is 1. The molecule has 0 saturated carbocycles. The average Bonchev–Trinajstić information content (AvgIpc) is 3.43. The zero-order valence-corrected chi connectivity index (χ0v) is 17.5. The summed E-state index contributed by atoms with van der Waals surface area (Å²) in [6.07, 6.45) is 0. The van der Waals surface area contributed by atoms with Gasteiger partial charge >= 0.3 is 5.76 Å². The Morgan fingerprint density at radius 1 is 0.909 bits per heavy atom. The van der Waals surface area contributed by atoms with Crippen molar-refractivity contribution in [1.29, 1.82) is 0 Å². The van der Waals surface area contributed by atoms with Gasteiger partial charge in [0.1, 0.15) is 0 Å². The number of nitrogens with zero attached hydrogens (tertiary/aromatic N) is 3. The molecule has 0 spiro atoms. The Hall–Kier alpha value is -4.46. The predicted molar refractivity (Wildman–Crippen MR) is 120 cm³/mol. The summed E-state index contributed by atoms with van der Waals surface area (Å²) < 4.78 is 12.0. The molecule has 3 aromatic carbocycles. The molecule has 2 heterocycles. The van der Waals surface area contributed by atoms with Crippen LogP contribution in [0.5, 0.6) is 0 Å². The van der Waals surface area contributed by atoms with Crippen LogP contribution in [0.1, 0.15) is 28.8 Å². The lowest BCUT2D eigenvalue weighted by Gasteiger charge is -2.17. The Bertz CT molecular complexity index is 1400. The molecule has 0 unspecified atom stereocenters. The van der Waals surface area contributed by atoms with Gasteiger partial charge in [0, 0.05) is 0 Å². The first kappa shape index (κ1) is 20.4. The summed E-state index contributed by atoms with van der Waals surface area (Å²) in [5.41, 5.74) is 2.92. The summed E-state index contributed by atoms with van der Waals surface area (Å²) in [7, 11) is 0. The average molecular weight is 440 g/mol. The lowest BCUT2D eigenvalue weighted by atomic mass is 9.90. The van der Waals surface area contributed by atoms with Gasteiger partial charge in [-0.2, -0.15) is 4.98 Å². The summed E-state index contributed by atoms with van der Waals surface area (Å²) in [6, 6.07) is 26.3. The molecule has 0 aliphatic heterocycles. The van der Waals surface area contributed by atoms with E-state index < -0.39 is 11.7 Å². The lowest BCUT2D eigenvalue weighted by Crippen LogP contribution is -2.29. The number of hydrogen-bond donors (Lipinski definition) is 1. The van der Waals surface area contributed by atoms with Crippen molar-refractivity contribution < 1.29 is 13.7 Å². The molecule has 1 amide bonds. The van der Waals surface area contributed by atoms with Crippen LogP contribution in [0.3, 0.4) is 0 Å². The molecule has 0 radical (unpaired) electrons. The molecule has 0 saturated heterocycles. The monoisotopic (exact) mass is 440 g/mol. The number of hydrogen-bond acceptors (Lipinski definition) is 6. The van der Waals surface area contributed by atoms with Crippen molar-refractivity contribution in [2.45, 2.75) is 19.0 Å². The normalized spacial score (nSPS) is 11.2. The third kappa shape index (κ3) is 4.31. The van der Waals surface area contributed by atoms with Gasteiger partial charge in [-0.25, -0.2) is 4.79 Å². The highest BCUT2D eigenvalue weighted by Gasteiger charge is 2.23. The van der Waals surface area contributed by atoms with Gasteiger partial charge in [0.2, 0.25) is 11.8 Å². The van der Waals surface area contributed by atoms with E-state index in [1.165, 1.54) is 4.57 Å². The van der Waals surface area contributed by atoms with E-state index in [1.54, 1.807) is 18.2 Å². The van der Waals surface area contributed by atoms with Crippen molar-refractivity contribution in [3.63, 3.8) is 0 Å². The van der Waals surface area contributed by atoms with Crippen LogP contribution in [0.4, 0.5) is 0 Å². The number of amides is 1. The molecule has 5 rings (SSSR count). The Morgan fingerprint density at radius 3 is 2.24 bits per heavy atom. The quantitative estimate of drug-likeness (QED) is 0.416. The molecule has 0 aliphatic rings. The Kier molecular flexibility index (Phi) is 5.55. The zero-order valence-electron chi connectivity index (χ0n) is 17.5. The van der Waals surface area contributed by atoms with Crippen LogP contribution in [0.25, 0.3) is 11.1 Å². The first-order valence-electron chi connectivity index (χ1n) is 10.5. The lowest BCUT2D eigenvalue weighted by molar-refractivity contribution is -0.122. The second-order valence-electron chi connectivity index (χ2n) is 7.50. The van der Waals surface area contributed by atoms with Crippen molar-refractivity contribution in [3.05, 3.63) is 118 Å². The molecule has 8 nitrogen and oxygen atoms in total. The highest BCUT2D eigenvalue weighted by Crippen LogP contribution is 2.24. The molecule has 2 aromatic heterocycles. The van der Waals surface area contributed by atoms with Gasteiger partial charge < -0.3 is 14.3 Å². The SMILES string of the molecule is O=C(NCc1nc(Cn2c(=O)oc3ccccc32)no1)C(c1ccccc1)c1ccccc1. The predicted octanol–water partition coefficient (Wildman–Crippen LogP) is 3.47. The van der Waals surface area contributed by atoms with Crippen molar-refractivity contribution >= 4 is 17.0 Å². The first-order valence-corrected chi connectivity index (χ1v) is 10.5. The van der Waals surface area contributed by atoms with Gasteiger partial charge in [-0.05, 0) is 23.3 Å². The fraction of sp³-hybridized carbons (Fsp3) is 0.120. The van der Waals surface area contributed by atoms with Crippen molar-refractivity contribution in [3.8, 4) is 0 Å². The first-order chi connectivity index (χ1) is 16.2. The fourth-order valence-corrected chi connectivity index (χ4v) is 3.78. The van der Waals surface area contributed by atoms with Crippen molar-refractivity contribution in [2.75, 3.05) is 0 Å². The van der Waals surface area contributed by atoms with Crippen LogP contribution in [0, 0.1) is 0 Å². The molecular formula is C25H20N4O4. The molecule has 5 aromatic rings. The summed E-state index contributed by atoms with van der Waals surface area (Å²) >= 11 is 0. The molecule has 8 heteroatoms. The maximum atomic E-state index is 13.1. The minimum absolute atomic E-state index is 0.0725. The molecular weight excluding hydrogens is 420 g/mol. The second-order valence-corrected chi connectivity index (χ2v) is 7.50. The van der Waals surface area contributed by atoms with Crippen LogP contribution < -0.4 is 11.1 Å². The van der Waals surface area contributed by atoms with E-state index in [1.807, 2.05) is 66.7 Å². The molecule has 0 bridgehead atoms. The Labute approximate surface area is 188 Å². The topological polar surface area (TPSA) is 103 Å². The fourth-order valence-electron chi connectivity index (χ4n) is 3.78. The maximum absolute atomic E-state index is 13.1. The van der Waals surface area contributed by atoms with E-state index in [2.05, 4.69) is 15.5 Å². The van der Waals surface area contributed by atoms with Crippen LogP contribution in [0.2, 0.25) is 0 Å². The van der Waals surface area contributed by atoms with Crippen molar-refractivity contribution in [1.82, 2.24) is 20.0 Å². The summed E-state index contributed by atoms with van der Waals surface area (Å²) in [5, 5.41) is 6.83. The van der Waals surface area contributed by atoms with Gasteiger partial charge in [0.15, 0.2) is 11.4 Å². The van der Waals surface area contributed by atoms with Crippen molar-refractivity contribution in [2.24, 2.45) is 0 Å². The highest BCUT2D eigenvalue weighted by atomic mass is 16.5. The van der Waals surface area contributed by atoms with Crippen LogP contribution in [0.15, 0.2) is 98.7 Å². The minimum atomic E-state index is -0.496. The number of aromatic nitrogens is 3. The van der Waals surface area contributed by atoms with E-state index in [-0.39, 0.29) is 24.9 Å². The maximum Gasteiger partial charge on any atom is 0.420 e. The van der Waals surface area contributed by atoms with E-state index in [9.17, 15) is 9.59 Å². The standard InChI is InChI=1S/C25H20N4O4/c30-24(23(17-9-3-1-4-10-17)18-11-5-2-6-12-18)26-15-22-27-21(28-33-22)16-29-19-13-7-8-14-20(19)32-25(29)31/h1-14,23H,15-16H2,(H,26,30). The van der Waals surface area contributed by atoms with Gasteiger partial charge in [0.05, 0.1) is 24.5 Å². The molecule has 1 N–H and O–H groups in total. The van der Waals surface area contributed by atoms with E-state index in [4.69, 9.17) is 8.94 Å². The van der Waals surface area contributed by atoms with E-state index in [0.29, 0.717) is 16.9 Å². The number of para-hydroxylation sites is 2. The summed E-state index contributed by atoms with van der Waals surface area (Å²) in [5.74, 6) is -0.575. The molecule has 0 aliphatic carbocycles. The Morgan fingerprint density at radius 2 is 1.55 bits per heavy atom. The smallest absolute Gasteiger partial charge is 0.408 e. The molecule has 33 heavy (non-hydrogen) atoms. The third-order valence-electron chi connectivity index (χ3n) is 5.33. The molecule has 0 atom stereocenters. The largest absolute Gasteiger partial charge is 0.420 e. The number of rotatable bonds is 7. The number of nitrogens with one attached hydrogen (secondary N) is 1. The second kappa shape index (κ2) is 8.96. The van der Waals surface area contributed by atoms with Gasteiger partial charge in [-0.3, -0.25) is 9.36 Å². The highest BCUT2D eigenvalue weighted by molar-refractivity contribution is 5.87. The van der Waals surface area contributed by atoms with E-state index in [0.717, 1.165) is 11.1 Å². The van der Waals surface area contributed by atoms with Crippen LogP contribution >= 0.6 is 0 Å².